The van der Waals surface area contributed by atoms with E-state index in [0.29, 0.717) is 12.8 Å². The van der Waals surface area contributed by atoms with Crippen molar-refractivity contribution >= 4 is 27.6 Å². The van der Waals surface area contributed by atoms with E-state index in [1.165, 1.54) is 24.6 Å². The van der Waals surface area contributed by atoms with Crippen LogP contribution in [-0.4, -0.2) is 60.5 Å². The lowest BCUT2D eigenvalue weighted by Gasteiger charge is -2.28. The summed E-state index contributed by atoms with van der Waals surface area (Å²) in [5.74, 6) is -1.01. The Hall–Kier alpha value is -3.05. The van der Waals surface area contributed by atoms with Crippen LogP contribution in [0.4, 0.5) is 0 Å². The number of ketones is 1. The van der Waals surface area contributed by atoms with E-state index in [2.05, 4.69) is 15.6 Å². The highest BCUT2D eigenvalue weighted by Gasteiger charge is 2.32. The molecule has 11 heteroatoms. The quantitative estimate of drug-likeness (QED) is 0.371. The van der Waals surface area contributed by atoms with Crippen LogP contribution in [0.3, 0.4) is 0 Å². The number of Topliss-reactive ketones (excluding diaryl/α,β-unsaturated/α-hetero) is 1. The predicted molar refractivity (Wildman–Crippen MR) is 142 cm³/mol. The number of carbonyl (C=O) groups is 3. The van der Waals surface area contributed by atoms with Gasteiger partial charge in [-0.1, -0.05) is 52.0 Å². The fourth-order valence-electron chi connectivity index (χ4n) is 4.76. The SMILES string of the molecule is CCCN(CC(=O)C(CC)NC(=O)[C@H](CC1CCCCC1)NC(=O)c1ccco1)S(=O)(=O)c1ccccn1. The molecule has 2 N–H and O–H groups in total. The lowest BCUT2D eigenvalue weighted by molar-refractivity contribution is -0.129. The molecule has 2 atom stereocenters. The molecular weight excluding hydrogens is 508 g/mol. The molecule has 2 aromatic heterocycles. The molecule has 0 saturated heterocycles. The molecular formula is C27H38N4O6S. The molecule has 1 saturated carbocycles. The van der Waals surface area contributed by atoms with Gasteiger partial charge in [0.05, 0.1) is 18.8 Å². The fraction of sp³-hybridized carbons (Fsp3) is 0.556. The Labute approximate surface area is 224 Å². The minimum atomic E-state index is -3.98. The monoisotopic (exact) mass is 546 g/mol. The maximum atomic E-state index is 13.4. The Balaban J connectivity index is 1.72. The molecule has 208 valence electrons. The molecule has 38 heavy (non-hydrogen) atoms. The molecule has 3 rings (SSSR count). The van der Waals surface area contributed by atoms with Crippen LogP contribution in [0, 0.1) is 5.92 Å². The van der Waals surface area contributed by atoms with Crippen LogP contribution in [0.2, 0.25) is 0 Å². The Morgan fingerprint density at radius 2 is 1.82 bits per heavy atom. The van der Waals surface area contributed by atoms with Crippen LogP contribution in [-0.2, 0) is 19.6 Å². The van der Waals surface area contributed by atoms with E-state index < -0.39 is 46.2 Å². The number of hydrogen-bond donors (Lipinski definition) is 2. The second-order valence-corrected chi connectivity index (χ2v) is 11.6. The summed E-state index contributed by atoms with van der Waals surface area (Å²) >= 11 is 0. The zero-order chi connectivity index (χ0) is 27.5. The van der Waals surface area contributed by atoms with Crippen LogP contribution in [0.15, 0.2) is 52.2 Å². The number of hydrogen-bond acceptors (Lipinski definition) is 7. The summed E-state index contributed by atoms with van der Waals surface area (Å²) in [6.07, 6.45) is 9.30. The molecule has 10 nitrogen and oxygen atoms in total. The number of furan rings is 1. The van der Waals surface area contributed by atoms with Crippen molar-refractivity contribution < 1.29 is 27.2 Å². The molecule has 0 spiro atoms. The molecule has 0 bridgehead atoms. The van der Waals surface area contributed by atoms with E-state index in [4.69, 9.17) is 4.42 Å². The van der Waals surface area contributed by atoms with Gasteiger partial charge in [-0.25, -0.2) is 13.4 Å². The number of aromatic nitrogens is 1. The zero-order valence-corrected chi connectivity index (χ0v) is 22.9. The highest BCUT2D eigenvalue weighted by Crippen LogP contribution is 2.27. The molecule has 0 aliphatic heterocycles. The van der Waals surface area contributed by atoms with Gasteiger partial charge in [-0.2, -0.15) is 4.31 Å². The Morgan fingerprint density at radius 3 is 2.42 bits per heavy atom. The lowest BCUT2D eigenvalue weighted by atomic mass is 9.84. The molecule has 1 aliphatic rings. The maximum absolute atomic E-state index is 13.4. The topological polar surface area (TPSA) is 139 Å². The Kier molecular flexibility index (Phi) is 11.0. The van der Waals surface area contributed by atoms with Crippen molar-refractivity contribution in [1.29, 1.82) is 0 Å². The van der Waals surface area contributed by atoms with Crippen LogP contribution >= 0.6 is 0 Å². The van der Waals surface area contributed by atoms with E-state index in [-0.39, 0.29) is 29.7 Å². The lowest BCUT2D eigenvalue weighted by Crippen LogP contribution is -2.53. The van der Waals surface area contributed by atoms with E-state index in [1.54, 1.807) is 25.1 Å². The summed E-state index contributed by atoms with van der Waals surface area (Å²) in [5, 5.41) is 5.41. The third-order valence-electron chi connectivity index (χ3n) is 6.82. The molecule has 0 radical (unpaired) electrons. The van der Waals surface area contributed by atoms with Gasteiger partial charge < -0.3 is 15.1 Å². The fourth-order valence-corrected chi connectivity index (χ4v) is 6.19. The van der Waals surface area contributed by atoms with E-state index in [9.17, 15) is 22.8 Å². The van der Waals surface area contributed by atoms with Crippen molar-refractivity contribution in [2.75, 3.05) is 13.1 Å². The first kappa shape index (κ1) is 29.5. The number of pyridine rings is 1. The summed E-state index contributed by atoms with van der Waals surface area (Å²) in [5.41, 5.74) is 0. The first-order chi connectivity index (χ1) is 18.3. The van der Waals surface area contributed by atoms with Crippen molar-refractivity contribution in [3.8, 4) is 0 Å². The van der Waals surface area contributed by atoms with Crippen LogP contribution in [0.5, 0.6) is 0 Å². The zero-order valence-electron chi connectivity index (χ0n) is 22.1. The highest BCUT2D eigenvalue weighted by atomic mass is 32.2. The molecule has 1 fully saturated rings. The molecule has 0 aromatic carbocycles. The highest BCUT2D eigenvalue weighted by molar-refractivity contribution is 7.89. The summed E-state index contributed by atoms with van der Waals surface area (Å²) in [6.45, 7) is 3.32. The average Bonchev–Trinajstić information content (AvgIpc) is 3.47. The summed E-state index contributed by atoms with van der Waals surface area (Å²) < 4.78 is 32.5. The van der Waals surface area contributed by atoms with Gasteiger partial charge >= 0.3 is 0 Å². The third-order valence-corrected chi connectivity index (χ3v) is 8.58. The van der Waals surface area contributed by atoms with Gasteiger partial charge in [-0.15, -0.1) is 0 Å². The molecule has 1 aliphatic carbocycles. The Bertz CT molecular complexity index is 1150. The van der Waals surface area contributed by atoms with Crippen molar-refractivity contribution in [3.05, 3.63) is 48.6 Å². The first-order valence-electron chi connectivity index (χ1n) is 13.3. The van der Waals surface area contributed by atoms with E-state index >= 15 is 0 Å². The average molecular weight is 547 g/mol. The van der Waals surface area contributed by atoms with Gasteiger partial charge in [0.1, 0.15) is 6.04 Å². The Morgan fingerprint density at radius 1 is 1.05 bits per heavy atom. The van der Waals surface area contributed by atoms with Crippen LogP contribution < -0.4 is 10.6 Å². The first-order valence-corrected chi connectivity index (χ1v) is 14.8. The van der Waals surface area contributed by atoms with E-state index in [1.807, 2.05) is 6.92 Å². The summed E-state index contributed by atoms with van der Waals surface area (Å²) in [4.78, 5) is 43.3. The van der Waals surface area contributed by atoms with Crippen molar-refractivity contribution in [2.24, 2.45) is 5.92 Å². The molecule has 2 aromatic rings. The summed E-state index contributed by atoms with van der Waals surface area (Å²) in [7, 11) is -3.98. The number of nitrogens with one attached hydrogen (secondary N) is 2. The van der Waals surface area contributed by atoms with E-state index in [0.717, 1.165) is 36.4 Å². The van der Waals surface area contributed by atoms with Crippen molar-refractivity contribution in [1.82, 2.24) is 19.9 Å². The minimum absolute atomic E-state index is 0.101. The number of nitrogens with zero attached hydrogens (tertiary/aromatic N) is 2. The second-order valence-electron chi connectivity index (χ2n) is 9.69. The van der Waals surface area contributed by atoms with Crippen LogP contribution in [0.25, 0.3) is 0 Å². The molecule has 2 heterocycles. The molecule has 1 unspecified atom stereocenters. The van der Waals surface area contributed by atoms with Gasteiger partial charge in [0.25, 0.3) is 15.9 Å². The second kappa shape index (κ2) is 14.2. The van der Waals surface area contributed by atoms with Gasteiger partial charge in [-0.05, 0) is 49.4 Å². The normalized spacial score (nSPS) is 16.1. The number of carbonyl (C=O) groups excluding carboxylic acids is 3. The number of amides is 2. The third kappa shape index (κ3) is 7.97. The number of rotatable bonds is 14. The van der Waals surface area contributed by atoms with Gasteiger partial charge in [0.15, 0.2) is 16.6 Å². The predicted octanol–water partition coefficient (Wildman–Crippen LogP) is 3.31. The van der Waals surface area contributed by atoms with Crippen molar-refractivity contribution in [2.45, 2.75) is 82.3 Å². The van der Waals surface area contributed by atoms with Gasteiger partial charge in [0, 0.05) is 12.7 Å². The standard InChI is InChI=1S/C27H38N4O6S/c1-3-16-31(38(35,36)25-14-8-9-15-28-25)19-23(32)21(4-2)29-26(33)22(18-20-11-6-5-7-12-20)30-27(34)24-13-10-17-37-24/h8-10,13-15,17,20-22H,3-7,11-12,16,18-19H2,1-2H3,(H,29,33)(H,30,34)/t21?,22-/m0/s1. The van der Waals surface area contributed by atoms with Gasteiger partial charge in [-0.3, -0.25) is 14.4 Å². The largest absolute Gasteiger partial charge is 0.459 e. The number of sulfonamides is 1. The van der Waals surface area contributed by atoms with Crippen molar-refractivity contribution in [3.63, 3.8) is 0 Å². The van der Waals surface area contributed by atoms with Gasteiger partial charge in [0.2, 0.25) is 5.91 Å². The minimum Gasteiger partial charge on any atom is -0.459 e. The smallest absolute Gasteiger partial charge is 0.287 e. The summed E-state index contributed by atoms with van der Waals surface area (Å²) in [6, 6.07) is 5.94. The maximum Gasteiger partial charge on any atom is 0.287 e. The molecule has 2 amide bonds. The van der Waals surface area contributed by atoms with Crippen LogP contribution in [0.1, 0.15) is 75.8 Å².